The van der Waals surface area contributed by atoms with Gasteiger partial charge in [-0.25, -0.2) is 8.78 Å². The third-order valence-electron chi connectivity index (χ3n) is 5.40. The van der Waals surface area contributed by atoms with E-state index in [1.807, 2.05) is 6.92 Å². The van der Waals surface area contributed by atoms with E-state index >= 15 is 0 Å². The first-order valence-electron chi connectivity index (χ1n) is 9.53. The number of hydrogen-bond donors (Lipinski definition) is 3. The standard InChI is InChI=1S/C21H25F2N3O2/c1-15(21(27)24-19-6-3-17(22)4-7-19)26-11-9-25(10-12-26)14-16-13-18(23)5-8-20(16)28-2/h3-8,13,15H,9-12,14H2,1-2H3,(H,24,27)/p+2/t15-/m0/s1. The molecule has 5 nitrogen and oxygen atoms in total. The van der Waals surface area contributed by atoms with Crippen LogP contribution in [0.25, 0.3) is 0 Å². The highest BCUT2D eigenvalue weighted by Gasteiger charge is 2.31. The molecule has 0 spiro atoms. The van der Waals surface area contributed by atoms with Gasteiger partial charge in [0.1, 0.15) is 50.1 Å². The Morgan fingerprint density at radius 2 is 1.71 bits per heavy atom. The molecule has 3 N–H and O–H groups in total. The summed E-state index contributed by atoms with van der Waals surface area (Å²) >= 11 is 0. The SMILES string of the molecule is COc1ccc(F)cc1C[NH+]1CC[NH+]([C@@H](C)C(=O)Nc2ccc(F)cc2)CC1. The summed E-state index contributed by atoms with van der Waals surface area (Å²) < 4.78 is 31.9. The molecule has 0 unspecified atom stereocenters. The average molecular weight is 391 g/mol. The van der Waals surface area contributed by atoms with Crippen LogP contribution in [0, 0.1) is 11.6 Å². The zero-order valence-corrected chi connectivity index (χ0v) is 16.2. The topological polar surface area (TPSA) is 47.2 Å². The summed E-state index contributed by atoms with van der Waals surface area (Å²) in [6.45, 7) is 6.10. The lowest BCUT2D eigenvalue weighted by Crippen LogP contribution is -3.29. The lowest BCUT2D eigenvalue weighted by Gasteiger charge is -2.32. The Kier molecular flexibility index (Phi) is 6.59. The Balaban J connectivity index is 1.52. The molecule has 0 saturated carbocycles. The van der Waals surface area contributed by atoms with Crippen LogP contribution in [0.15, 0.2) is 42.5 Å². The molecule has 1 aliphatic rings. The van der Waals surface area contributed by atoms with Gasteiger partial charge >= 0.3 is 0 Å². The first kappa shape index (κ1) is 20.2. The summed E-state index contributed by atoms with van der Waals surface area (Å²) in [6, 6.07) is 10.2. The number of quaternary nitrogens is 2. The Morgan fingerprint density at radius 3 is 2.36 bits per heavy atom. The molecule has 3 rings (SSSR count). The highest BCUT2D eigenvalue weighted by Crippen LogP contribution is 2.18. The van der Waals surface area contributed by atoms with Crippen molar-refractivity contribution in [2.24, 2.45) is 0 Å². The molecule has 1 aliphatic heterocycles. The Labute approximate surface area is 163 Å². The van der Waals surface area contributed by atoms with Crippen molar-refractivity contribution in [2.45, 2.75) is 19.5 Å². The first-order valence-corrected chi connectivity index (χ1v) is 9.53. The van der Waals surface area contributed by atoms with Gasteiger partial charge < -0.3 is 19.9 Å². The van der Waals surface area contributed by atoms with E-state index in [-0.39, 0.29) is 23.6 Å². The van der Waals surface area contributed by atoms with E-state index < -0.39 is 0 Å². The molecule has 0 aromatic heterocycles. The van der Waals surface area contributed by atoms with Crippen LogP contribution in [0.1, 0.15) is 12.5 Å². The van der Waals surface area contributed by atoms with Crippen molar-refractivity contribution in [1.29, 1.82) is 0 Å². The van der Waals surface area contributed by atoms with Gasteiger partial charge in [-0.1, -0.05) is 0 Å². The van der Waals surface area contributed by atoms with E-state index in [0.29, 0.717) is 18.0 Å². The zero-order valence-electron chi connectivity index (χ0n) is 16.2. The molecule has 0 aliphatic carbocycles. The van der Waals surface area contributed by atoms with Crippen LogP contribution >= 0.6 is 0 Å². The summed E-state index contributed by atoms with van der Waals surface area (Å²) in [5.74, 6) is 0.0452. The number of hydrogen-bond acceptors (Lipinski definition) is 2. The van der Waals surface area contributed by atoms with Crippen molar-refractivity contribution < 1.29 is 28.1 Å². The van der Waals surface area contributed by atoms with Crippen LogP contribution in [-0.2, 0) is 11.3 Å². The predicted molar refractivity (Wildman–Crippen MR) is 103 cm³/mol. The molecule has 7 heteroatoms. The van der Waals surface area contributed by atoms with E-state index in [0.717, 1.165) is 31.7 Å². The molecule has 150 valence electrons. The molecule has 0 bridgehead atoms. The highest BCUT2D eigenvalue weighted by molar-refractivity contribution is 5.93. The van der Waals surface area contributed by atoms with Crippen LogP contribution in [0.3, 0.4) is 0 Å². The molecule has 28 heavy (non-hydrogen) atoms. The molecular weight excluding hydrogens is 364 g/mol. The Morgan fingerprint density at radius 1 is 1.07 bits per heavy atom. The van der Waals surface area contributed by atoms with Crippen LogP contribution in [0.5, 0.6) is 5.75 Å². The molecule has 2 aromatic rings. The third-order valence-corrected chi connectivity index (χ3v) is 5.40. The predicted octanol–water partition coefficient (Wildman–Crippen LogP) is 0.284. The second kappa shape index (κ2) is 9.12. The summed E-state index contributed by atoms with van der Waals surface area (Å²) in [6.07, 6.45) is 0. The number of anilines is 1. The minimum Gasteiger partial charge on any atom is -0.496 e. The molecule has 1 fully saturated rings. The fourth-order valence-corrected chi connectivity index (χ4v) is 3.66. The quantitative estimate of drug-likeness (QED) is 0.663. The van der Waals surface area contributed by atoms with E-state index in [1.165, 1.54) is 34.1 Å². The van der Waals surface area contributed by atoms with E-state index in [2.05, 4.69) is 5.32 Å². The first-order chi connectivity index (χ1) is 13.5. The number of carbonyl (C=O) groups excluding carboxylic acids is 1. The molecule has 1 atom stereocenters. The monoisotopic (exact) mass is 391 g/mol. The van der Waals surface area contributed by atoms with Gasteiger partial charge in [0.2, 0.25) is 0 Å². The number of rotatable bonds is 6. The molecule has 1 heterocycles. The molecule has 1 saturated heterocycles. The summed E-state index contributed by atoms with van der Waals surface area (Å²) in [4.78, 5) is 15.1. The minimum absolute atomic E-state index is 0.0724. The lowest BCUT2D eigenvalue weighted by atomic mass is 10.1. The van der Waals surface area contributed by atoms with Crippen LogP contribution < -0.4 is 19.9 Å². The third kappa shape index (κ3) is 5.05. The van der Waals surface area contributed by atoms with Gasteiger partial charge in [-0.3, -0.25) is 4.79 Å². The van der Waals surface area contributed by atoms with Crippen LogP contribution in [-0.4, -0.2) is 45.2 Å². The smallest absolute Gasteiger partial charge is 0.282 e. The van der Waals surface area contributed by atoms with Crippen molar-refractivity contribution in [3.63, 3.8) is 0 Å². The number of halogens is 2. The number of piperazine rings is 1. The highest BCUT2D eigenvalue weighted by atomic mass is 19.1. The van der Waals surface area contributed by atoms with E-state index in [4.69, 9.17) is 4.74 Å². The minimum atomic E-state index is -0.328. The summed E-state index contributed by atoms with van der Waals surface area (Å²) in [5.41, 5.74) is 1.46. The van der Waals surface area contributed by atoms with Crippen molar-refractivity contribution in [1.82, 2.24) is 0 Å². The fourth-order valence-electron chi connectivity index (χ4n) is 3.66. The largest absolute Gasteiger partial charge is 0.496 e. The average Bonchev–Trinajstić information content (AvgIpc) is 2.70. The number of ether oxygens (including phenoxy) is 1. The van der Waals surface area contributed by atoms with Crippen molar-refractivity contribution in [2.75, 3.05) is 38.6 Å². The van der Waals surface area contributed by atoms with Crippen molar-refractivity contribution in [3.05, 3.63) is 59.7 Å². The van der Waals surface area contributed by atoms with Gasteiger partial charge in [0.05, 0.1) is 12.7 Å². The van der Waals surface area contributed by atoms with Gasteiger partial charge in [-0.05, 0) is 49.4 Å². The molecular formula is C21H27F2N3O2+2. The maximum Gasteiger partial charge on any atom is 0.282 e. The number of methoxy groups -OCH3 is 1. The van der Waals surface area contributed by atoms with E-state index in [9.17, 15) is 13.6 Å². The number of benzene rings is 2. The van der Waals surface area contributed by atoms with Crippen LogP contribution in [0.4, 0.5) is 14.5 Å². The van der Waals surface area contributed by atoms with Crippen molar-refractivity contribution >= 4 is 11.6 Å². The zero-order chi connectivity index (χ0) is 20.1. The molecule has 0 radical (unpaired) electrons. The van der Waals surface area contributed by atoms with Crippen LogP contribution in [0.2, 0.25) is 0 Å². The molecule has 1 amide bonds. The summed E-state index contributed by atoms with van der Waals surface area (Å²) in [5, 5.41) is 2.85. The van der Waals surface area contributed by atoms with Gasteiger partial charge in [0.25, 0.3) is 5.91 Å². The number of carbonyl (C=O) groups is 1. The van der Waals surface area contributed by atoms with E-state index in [1.54, 1.807) is 25.3 Å². The second-order valence-corrected chi connectivity index (χ2v) is 7.26. The van der Waals surface area contributed by atoms with Crippen molar-refractivity contribution in [3.8, 4) is 5.75 Å². The van der Waals surface area contributed by atoms with Gasteiger partial charge in [-0.15, -0.1) is 0 Å². The Bertz CT molecular complexity index is 806. The number of nitrogens with one attached hydrogen (secondary N) is 3. The maximum atomic E-state index is 13.6. The van der Waals surface area contributed by atoms with Gasteiger partial charge in [0.15, 0.2) is 6.04 Å². The second-order valence-electron chi connectivity index (χ2n) is 7.26. The Hall–Kier alpha value is -2.51. The van der Waals surface area contributed by atoms with Gasteiger partial charge in [0, 0.05) is 5.69 Å². The summed E-state index contributed by atoms with van der Waals surface area (Å²) in [7, 11) is 1.59. The van der Waals surface area contributed by atoms with Gasteiger partial charge in [-0.2, -0.15) is 0 Å². The molecule has 2 aromatic carbocycles. The fraction of sp³-hybridized carbons (Fsp3) is 0.381. The normalized spacial score (nSPS) is 20.4. The maximum absolute atomic E-state index is 13.6. The number of amides is 1. The lowest BCUT2D eigenvalue weighted by molar-refractivity contribution is -1.02.